The van der Waals surface area contributed by atoms with E-state index >= 15 is 0 Å². The molecule has 1 atom stereocenters. The summed E-state index contributed by atoms with van der Waals surface area (Å²) in [5, 5.41) is 11.2. The van der Waals surface area contributed by atoms with Gasteiger partial charge in [-0.15, -0.1) is 10.2 Å². The molecule has 4 rings (SSSR count). The van der Waals surface area contributed by atoms with E-state index in [0.29, 0.717) is 28.0 Å². The number of amides is 1. The fourth-order valence-corrected chi connectivity index (χ4v) is 6.52. The number of nitrogens with zero attached hydrogens (tertiary/aromatic N) is 3. The molecule has 174 valence electrons. The molecule has 1 N–H and O–H groups in total. The molecule has 11 heteroatoms. The lowest BCUT2D eigenvalue weighted by atomic mass is 10.2. The molecule has 0 unspecified atom stereocenters. The second-order valence-corrected chi connectivity index (χ2v) is 12.1. The third-order valence-corrected chi connectivity index (χ3v) is 8.85. The minimum atomic E-state index is -3.76. The molecule has 33 heavy (non-hydrogen) atoms. The van der Waals surface area contributed by atoms with Crippen molar-refractivity contribution >= 4 is 49.8 Å². The summed E-state index contributed by atoms with van der Waals surface area (Å²) in [6.07, 6.45) is -1.03. The van der Waals surface area contributed by atoms with E-state index in [1.54, 1.807) is 60.3 Å². The van der Waals surface area contributed by atoms with Crippen molar-refractivity contribution in [3.63, 3.8) is 0 Å². The number of fused-ring (bicyclic) bond motifs is 1. The van der Waals surface area contributed by atoms with Gasteiger partial charge < -0.3 is 4.74 Å². The van der Waals surface area contributed by atoms with Crippen LogP contribution in [0.2, 0.25) is 0 Å². The van der Waals surface area contributed by atoms with Crippen LogP contribution in [0.25, 0.3) is 0 Å². The second kappa shape index (κ2) is 10.1. The maximum absolute atomic E-state index is 13.3. The highest BCUT2D eigenvalue weighted by atomic mass is 32.2. The summed E-state index contributed by atoms with van der Waals surface area (Å²) in [6, 6.07) is 15.8. The summed E-state index contributed by atoms with van der Waals surface area (Å²) in [7, 11) is -3.76. The van der Waals surface area contributed by atoms with Crippen molar-refractivity contribution in [2.45, 2.75) is 30.0 Å². The van der Waals surface area contributed by atoms with Gasteiger partial charge in [0.05, 0.1) is 18.0 Å². The standard InChI is InChI=1S/C22H24N4O4S3/c1-15(2)13-31-22-25-24-21(32-22)23-20(27)19-12-26(17-10-6-7-11-18(17)30-19)33(28,29)14-16-8-4-3-5-9-16/h3-11,15,19H,12-14H2,1-2H3,(H,23,24,27)/t19-/m1/s1. The molecule has 8 nitrogen and oxygen atoms in total. The predicted molar refractivity (Wildman–Crippen MR) is 131 cm³/mol. The summed E-state index contributed by atoms with van der Waals surface area (Å²) in [5.74, 6) is 1.10. The Balaban J connectivity index is 1.52. The van der Waals surface area contributed by atoms with E-state index in [9.17, 15) is 13.2 Å². The molecule has 0 aliphatic carbocycles. The van der Waals surface area contributed by atoms with Gasteiger partial charge >= 0.3 is 0 Å². The highest BCUT2D eigenvalue weighted by Crippen LogP contribution is 2.36. The van der Waals surface area contributed by atoms with Gasteiger partial charge in [-0.2, -0.15) is 0 Å². The molecule has 0 fully saturated rings. The number of thioether (sulfide) groups is 1. The summed E-state index contributed by atoms with van der Waals surface area (Å²) in [5.41, 5.74) is 1.09. The van der Waals surface area contributed by atoms with E-state index in [-0.39, 0.29) is 12.3 Å². The van der Waals surface area contributed by atoms with Gasteiger partial charge in [0.1, 0.15) is 5.75 Å². The van der Waals surface area contributed by atoms with Crippen molar-refractivity contribution in [3.8, 4) is 5.75 Å². The van der Waals surface area contributed by atoms with Gasteiger partial charge in [-0.1, -0.05) is 79.4 Å². The van der Waals surface area contributed by atoms with Crippen molar-refractivity contribution in [3.05, 3.63) is 60.2 Å². The van der Waals surface area contributed by atoms with Gasteiger partial charge in [0.2, 0.25) is 15.2 Å². The Morgan fingerprint density at radius 2 is 1.91 bits per heavy atom. The monoisotopic (exact) mass is 504 g/mol. The molecule has 1 aromatic heterocycles. The summed E-state index contributed by atoms with van der Waals surface area (Å²) in [6.45, 7) is 4.10. The summed E-state index contributed by atoms with van der Waals surface area (Å²) in [4.78, 5) is 13.0. The van der Waals surface area contributed by atoms with Crippen molar-refractivity contribution < 1.29 is 17.9 Å². The molecule has 2 aromatic carbocycles. The highest BCUT2D eigenvalue weighted by molar-refractivity contribution is 8.01. The number of para-hydroxylation sites is 2. The first-order valence-corrected chi connectivity index (χ1v) is 13.8. The maximum atomic E-state index is 13.3. The number of hydrogen-bond donors (Lipinski definition) is 1. The zero-order valence-corrected chi connectivity index (χ0v) is 20.6. The first-order valence-electron chi connectivity index (χ1n) is 10.4. The van der Waals surface area contributed by atoms with Crippen LogP contribution in [0.1, 0.15) is 19.4 Å². The zero-order valence-electron chi connectivity index (χ0n) is 18.2. The lowest BCUT2D eigenvalue weighted by Crippen LogP contribution is -2.49. The van der Waals surface area contributed by atoms with E-state index < -0.39 is 22.0 Å². The van der Waals surface area contributed by atoms with Crippen molar-refractivity contribution in [2.75, 3.05) is 21.9 Å². The fraction of sp³-hybridized carbons (Fsp3) is 0.318. The topological polar surface area (TPSA) is 101 Å². The number of rotatable bonds is 8. The number of benzene rings is 2. The number of anilines is 2. The van der Waals surface area contributed by atoms with E-state index in [1.807, 2.05) is 6.07 Å². The zero-order chi connectivity index (χ0) is 23.4. The number of ether oxygens (including phenoxy) is 1. The summed E-state index contributed by atoms with van der Waals surface area (Å²) >= 11 is 2.86. The molecule has 1 aliphatic heterocycles. The lowest BCUT2D eigenvalue weighted by molar-refractivity contribution is -0.122. The fourth-order valence-electron chi connectivity index (χ4n) is 3.21. The number of hydrogen-bond acceptors (Lipinski definition) is 8. The van der Waals surface area contributed by atoms with Crippen molar-refractivity contribution in [1.29, 1.82) is 0 Å². The third-order valence-electron chi connectivity index (χ3n) is 4.73. The van der Waals surface area contributed by atoms with Crippen LogP contribution < -0.4 is 14.4 Å². The minimum Gasteiger partial charge on any atom is -0.476 e. The molecule has 2 heterocycles. The van der Waals surface area contributed by atoms with Gasteiger partial charge in [-0.3, -0.25) is 14.4 Å². The van der Waals surface area contributed by atoms with Gasteiger partial charge in [0, 0.05) is 5.75 Å². The third kappa shape index (κ3) is 5.84. The molecule has 0 spiro atoms. The van der Waals surface area contributed by atoms with E-state index in [2.05, 4.69) is 29.4 Å². The van der Waals surface area contributed by atoms with Crippen LogP contribution in [0.15, 0.2) is 58.9 Å². The van der Waals surface area contributed by atoms with Crippen LogP contribution in [0.5, 0.6) is 5.75 Å². The van der Waals surface area contributed by atoms with E-state index in [4.69, 9.17) is 4.74 Å². The molecule has 0 saturated carbocycles. The number of sulfonamides is 1. The quantitative estimate of drug-likeness (QED) is 0.365. The van der Waals surface area contributed by atoms with Gasteiger partial charge in [-0.05, 0) is 23.6 Å². The molecule has 1 aliphatic rings. The van der Waals surface area contributed by atoms with Crippen LogP contribution in [-0.4, -0.2) is 42.9 Å². The lowest BCUT2D eigenvalue weighted by Gasteiger charge is -2.34. The van der Waals surface area contributed by atoms with Gasteiger partial charge in [0.25, 0.3) is 5.91 Å². The Morgan fingerprint density at radius 3 is 2.67 bits per heavy atom. The predicted octanol–water partition coefficient (Wildman–Crippen LogP) is 4.02. The van der Waals surface area contributed by atoms with Gasteiger partial charge in [0.15, 0.2) is 10.4 Å². The average Bonchev–Trinajstić information content (AvgIpc) is 3.24. The van der Waals surface area contributed by atoms with Crippen LogP contribution in [-0.2, 0) is 20.6 Å². The first kappa shape index (κ1) is 23.5. The molecular formula is C22H24N4O4S3. The van der Waals surface area contributed by atoms with Gasteiger partial charge in [-0.25, -0.2) is 8.42 Å². The van der Waals surface area contributed by atoms with E-state index in [0.717, 1.165) is 10.1 Å². The second-order valence-electron chi connectivity index (χ2n) is 7.91. The number of nitrogens with one attached hydrogen (secondary N) is 1. The van der Waals surface area contributed by atoms with Crippen LogP contribution in [0, 0.1) is 5.92 Å². The number of carbonyl (C=O) groups excluding carboxylic acids is 1. The Kier molecular flexibility index (Phi) is 7.20. The van der Waals surface area contributed by atoms with Crippen LogP contribution in [0.3, 0.4) is 0 Å². The molecular weight excluding hydrogens is 480 g/mol. The SMILES string of the molecule is CC(C)CSc1nnc(NC(=O)[C@H]2CN(S(=O)(=O)Cc3ccccc3)c3ccccc3O2)s1. The maximum Gasteiger partial charge on any atom is 0.269 e. The minimum absolute atomic E-state index is 0.133. The first-order chi connectivity index (χ1) is 15.8. The highest BCUT2D eigenvalue weighted by Gasteiger charge is 2.37. The molecule has 0 bridgehead atoms. The molecule has 0 saturated heterocycles. The average molecular weight is 505 g/mol. The molecule has 0 radical (unpaired) electrons. The summed E-state index contributed by atoms with van der Waals surface area (Å²) < 4.78 is 34.5. The molecule has 1 amide bonds. The van der Waals surface area contributed by atoms with Crippen LogP contribution in [0.4, 0.5) is 10.8 Å². The number of aromatic nitrogens is 2. The largest absolute Gasteiger partial charge is 0.476 e. The van der Waals surface area contributed by atoms with Crippen molar-refractivity contribution in [2.24, 2.45) is 5.92 Å². The Morgan fingerprint density at radius 1 is 1.18 bits per heavy atom. The smallest absolute Gasteiger partial charge is 0.269 e. The van der Waals surface area contributed by atoms with Crippen LogP contribution >= 0.6 is 23.1 Å². The Bertz CT molecular complexity index is 1220. The Labute approximate surface area is 201 Å². The molecule has 3 aromatic rings. The normalized spacial score (nSPS) is 15.7. The van der Waals surface area contributed by atoms with E-state index in [1.165, 1.54) is 15.6 Å². The number of carbonyl (C=O) groups is 1. The Hall–Kier alpha value is -2.63. The van der Waals surface area contributed by atoms with Crippen molar-refractivity contribution in [1.82, 2.24) is 10.2 Å².